The van der Waals surface area contributed by atoms with Crippen LogP contribution in [-0.2, 0) is 0 Å². The van der Waals surface area contributed by atoms with Crippen LogP contribution < -0.4 is 6.15 Å². The van der Waals surface area contributed by atoms with E-state index in [2.05, 4.69) is 6.92 Å². The number of carboxylic acids is 2. The van der Waals surface area contributed by atoms with Gasteiger partial charge in [-0.15, -0.1) is 0 Å². The molecule has 32 heavy (non-hydrogen) atoms. The van der Waals surface area contributed by atoms with Gasteiger partial charge in [0.15, 0.2) is 0 Å². The fourth-order valence-corrected chi connectivity index (χ4v) is 3.89. The Kier molecular flexibility index (Phi) is 11.3. The van der Waals surface area contributed by atoms with E-state index in [0.29, 0.717) is 17.5 Å². The van der Waals surface area contributed by atoms with Crippen LogP contribution in [0.1, 0.15) is 102 Å². The summed E-state index contributed by atoms with van der Waals surface area (Å²) in [6.45, 7) is 2.19. The highest BCUT2D eigenvalue weighted by Gasteiger charge is 2.20. The molecule has 0 unspecified atom stereocenters. The van der Waals surface area contributed by atoms with Crippen molar-refractivity contribution in [3.63, 3.8) is 0 Å². The monoisotopic (exact) mass is 445 g/mol. The first-order valence-electron chi connectivity index (χ1n) is 11.0. The molecule has 7 N–H and O–H groups in total. The van der Waals surface area contributed by atoms with Crippen LogP contribution >= 0.6 is 0 Å². The van der Waals surface area contributed by atoms with E-state index in [1.165, 1.54) is 56.4 Å². The lowest BCUT2D eigenvalue weighted by Gasteiger charge is -2.20. The van der Waals surface area contributed by atoms with Crippen molar-refractivity contribution in [3.8, 4) is 11.5 Å². The zero-order chi connectivity index (χ0) is 22.8. The molecule has 0 saturated heterocycles. The predicted molar refractivity (Wildman–Crippen MR) is 124 cm³/mol. The molecule has 0 heterocycles. The van der Waals surface area contributed by atoms with E-state index in [1.54, 1.807) is 12.1 Å². The van der Waals surface area contributed by atoms with E-state index < -0.39 is 11.9 Å². The number of phenols is 2. The highest BCUT2D eigenvalue weighted by Crippen LogP contribution is 2.35. The molecule has 7 heteroatoms. The molecule has 7 nitrogen and oxygen atoms in total. The maximum absolute atomic E-state index is 11.5. The van der Waals surface area contributed by atoms with Crippen molar-refractivity contribution >= 4 is 11.9 Å². The van der Waals surface area contributed by atoms with Crippen LogP contribution in [0.4, 0.5) is 0 Å². The molecule has 0 aromatic heterocycles. The predicted octanol–water partition coefficient (Wildman–Crippen LogP) is 6.32. The largest absolute Gasteiger partial charge is 0.507 e. The summed E-state index contributed by atoms with van der Waals surface area (Å²) in [4.78, 5) is 22.9. The van der Waals surface area contributed by atoms with E-state index in [-0.39, 0.29) is 34.7 Å². The standard InChI is InChI=1S/C25H32O6.H3N/c1-2-3-4-5-6-7-8-9-10-19(17-11-13-22(26)20(15-17)24(28)29)18-12-14-23(27)21(16-18)25(30)31;/h11-16,19,26-27H,2-10H2,1H3,(H,28,29)(H,30,31);1H3. The zero-order valence-corrected chi connectivity index (χ0v) is 18.7. The van der Waals surface area contributed by atoms with Gasteiger partial charge in [0.25, 0.3) is 0 Å². The Hall–Kier alpha value is -3.06. The smallest absolute Gasteiger partial charge is 0.339 e. The van der Waals surface area contributed by atoms with E-state index in [4.69, 9.17) is 0 Å². The molecular weight excluding hydrogens is 410 g/mol. The van der Waals surface area contributed by atoms with Crippen molar-refractivity contribution in [2.24, 2.45) is 0 Å². The van der Waals surface area contributed by atoms with Crippen LogP contribution in [0.5, 0.6) is 11.5 Å². The maximum atomic E-state index is 11.5. The molecule has 0 atom stereocenters. The fraction of sp³-hybridized carbons (Fsp3) is 0.440. The summed E-state index contributed by atoms with van der Waals surface area (Å²) >= 11 is 0. The minimum absolute atomic E-state index is 0. The third kappa shape index (κ3) is 7.57. The zero-order valence-electron chi connectivity index (χ0n) is 18.7. The summed E-state index contributed by atoms with van der Waals surface area (Å²) < 4.78 is 0. The van der Waals surface area contributed by atoms with Crippen molar-refractivity contribution in [3.05, 3.63) is 58.7 Å². The Morgan fingerprint density at radius 3 is 1.53 bits per heavy atom. The molecule has 0 aliphatic rings. The lowest BCUT2D eigenvalue weighted by molar-refractivity contribution is 0.0682. The molecule has 0 bridgehead atoms. The minimum Gasteiger partial charge on any atom is -0.507 e. The SMILES string of the molecule is CCCCCCCCCCC(c1ccc(O)c(C(=O)O)c1)c1ccc(O)c(C(=O)O)c1.N. The highest BCUT2D eigenvalue weighted by atomic mass is 16.4. The number of aromatic carboxylic acids is 2. The van der Waals surface area contributed by atoms with Gasteiger partial charge in [0.2, 0.25) is 0 Å². The molecule has 0 spiro atoms. The summed E-state index contributed by atoms with van der Waals surface area (Å²) in [6.07, 6.45) is 9.95. The molecule has 2 rings (SSSR count). The van der Waals surface area contributed by atoms with Crippen molar-refractivity contribution in [1.82, 2.24) is 6.15 Å². The Balaban J connectivity index is 0.00000512. The minimum atomic E-state index is -1.22. The first kappa shape index (κ1) is 27.0. The molecule has 0 saturated carbocycles. The van der Waals surface area contributed by atoms with Gasteiger partial charge in [0.05, 0.1) is 0 Å². The number of benzene rings is 2. The van der Waals surface area contributed by atoms with Gasteiger partial charge in [0.1, 0.15) is 22.6 Å². The average molecular weight is 446 g/mol. The number of aromatic hydroxyl groups is 2. The van der Waals surface area contributed by atoms with E-state index >= 15 is 0 Å². The Morgan fingerprint density at radius 1 is 0.719 bits per heavy atom. The van der Waals surface area contributed by atoms with Crippen LogP contribution in [0.2, 0.25) is 0 Å². The number of rotatable bonds is 13. The second kappa shape index (κ2) is 13.4. The van der Waals surface area contributed by atoms with Crippen molar-refractivity contribution in [2.45, 2.75) is 70.6 Å². The average Bonchev–Trinajstić information content (AvgIpc) is 2.73. The van der Waals surface area contributed by atoms with Crippen LogP contribution in [0.25, 0.3) is 0 Å². The van der Waals surface area contributed by atoms with Gasteiger partial charge in [-0.1, -0.05) is 70.4 Å². The van der Waals surface area contributed by atoms with Crippen LogP contribution in [-0.4, -0.2) is 32.4 Å². The second-order valence-corrected chi connectivity index (χ2v) is 7.98. The van der Waals surface area contributed by atoms with Gasteiger partial charge >= 0.3 is 11.9 Å². The first-order chi connectivity index (χ1) is 14.8. The molecule has 0 aliphatic carbocycles. The summed E-state index contributed by atoms with van der Waals surface area (Å²) in [6, 6.07) is 8.95. The summed E-state index contributed by atoms with van der Waals surface area (Å²) in [7, 11) is 0. The van der Waals surface area contributed by atoms with Crippen molar-refractivity contribution < 1.29 is 30.0 Å². The van der Waals surface area contributed by atoms with E-state index in [0.717, 1.165) is 19.3 Å². The van der Waals surface area contributed by atoms with Gasteiger partial charge in [-0.3, -0.25) is 0 Å². The lowest BCUT2D eigenvalue weighted by Crippen LogP contribution is -2.06. The molecule has 176 valence electrons. The molecule has 0 aliphatic heterocycles. The fourth-order valence-electron chi connectivity index (χ4n) is 3.89. The summed E-state index contributed by atoms with van der Waals surface area (Å²) in [5, 5.41) is 38.4. The second-order valence-electron chi connectivity index (χ2n) is 7.98. The number of hydrogen-bond acceptors (Lipinski definition) is 5. The topological polar surface area (TPSA) is 150 Å². The van der Waals surface area contributed by atoms with Crippen LogP contribution in [0, 0.1) is 0 Å². The lowest BCUT2D eigenvalue weighted by atomic mass is 9.85. The van der Waals surface area contributed by atoms with Gasteiger partial charge < -0.3 is 26.6 Å². The van der Waals surface area contributed by atoms with Gasteiger partial charge in [-0.2, -0.15) is 0 Å². The van der Waals surface area contributed by atoms with E-state index in [9.17, 15) is 30.0 Å². The number of unbranched alkanes of at least 4 members (excludes halogenated alkanes) is 7. The van der Waals surface area contributed by atoms with E-state index in [1.807, 2.05) is 0 Å². The first-order valence-corrected chi connectivity index (χ1v) is 11.0. The third-order valence-corrected chi connectivity index (χ3v) is 5.65. The third-order valence-electron chi connectivity index (χ3n) is 5.65. The molecule has 2 aromatic carbocycles. The van der Waals surface area contributed by atoms with Gasteiger partial charge in [-0.05, 0) is 41.8 Å². The van der Waals surface area contributed by atoms with Crippen LogP contribution in [0.15, 0.2) is 36.4 Å². The highest BCUT2D eigenvalue weighted by molar-refractivity contribution is 5.91. The Bertz CT molecular complexity index is 832. The van der Waals surface area contributed by atoms with Crippen molar-refractivity contribution in [1.29, 1.82) is 0 Å². The van der Waals surface area contributed by atoms with Gasteiger partial charge in [-0.25, -0.2) is 9.59 Å². The number of carbonyl (C=O) groups is 2. The summed E-state index contributed by atoms with van der Waals surface area (Å²) in [5.74, 6) is -3.29. The molecule has 0 amide bonds. The Morgan fingerprint density at radius 2 is 1.12 bits per heavy atom. The molecule has 0 radical (unpaired) electrons. The number of carboxylic acid groups (broad SMARTS) is 2. The molecule has 0 fully saturated rings. The normalized spacial score (nSPS) is 10.7. The maximum Gasteiger partial charge on any atom is 0.339 e. The molecule has 2 aromatic rings. The Labute approximate surface area is 189 Å². The number of hydrogen-bond donors (Lipinski definition) is 5. The molecular formula is C25H35NO6. The van der Waals surface area contributed by atoms with Crippen LogP contribution in [0.3, 0.4) is 0 Å². The quantitative estimate of drug-likeness (QED) is 0.226. The van der Waals surface area contributed by atoms with Gasteiger partial charge in [0, 0.05) is 5.92 Å². The van der Waals surface area contributed by atoms with Crippen molar-refractivity contribution in [2.75, 3.05) is 0 Å². The summed E-state index contributed by atoms with van der Waals surface area (Å²) in [5.41, 5.74) is 1.02.